The molecule has 0 aliphatic carbocycles. The number of rotatable bonds is 3. The van der Waals surface area contributed by atoms with Crippen molar-refractivity contribution in [3.05, 3.63) is 47.3 Å². The molecular weight excluding hydrogens is 336 g/mol. The van der Waals surface area contributed by atoms with E-state index in [1.54, 1.807) is 7.11 Å². The first-order valence-electron chi connectivity index (χ1n) is 9.53. The summed E-state index contributed by atoms with van der Waals surface area (Å²) in [5.74, 6) is 1.28. The van der Waals surface area contributed by atoms with Gasteiger partial charge in [0, 0.05) is 24.2 Å². The summed E-state index contributed by atoms with van der Waals surface area (Å²) in [6.07, 6.45) is 4.29. The van der Waals surface area contributed by atoms with Crippen LogP contribution < -0.4 is 4.74 Å². The van der Waals surface area contributed by atoms with Crippen LogP contribution in [0, 0.1) is 13.8 Å². The molecule has 140 valence electrons. The smallest absolute Gasteiger partial charge is 0.179 e. The Morgan fingerprint density at radius 3 is 2.78 bits per heavy atom. The summed E-state index contributed by atoms with van der Waals surface area (Å²) >= 11 is 0. The summed E-state index contributed by atoms with van der Waals surface area (Å²) in [4.78, 5) is 16.7. The highest BCUT2D eigenvalue weighted by atomic mass is 16.5. The molecule has 0 spiro atoms. The van der Waals surface area contributed by atoms with Gasteiger partial charge in [-0.25, -0.2) is 9.97 Å². The lowest BCUT2D eigenvalue weighted by atomic mass is 9.95. The predicted octanol–water partition coefficient (Wildman–Crippen LogP) is 4.13. The van der Waals surface area contributed by atoms with Crippen LogP contribution in [-0.2, 0) is 0 Å². The fraction of sp³-hybridized carbons (Fsp3) is 0.409. The van der Waals surface area contributed by atoms with Crippen molar-refractivity contribution in [2.75, 3.05) is 27.2 Å². The molecule has 0 N–H and O–H groups in total. The topological polar surface area (TPSA) is 51.1 Å². The van der Waals surface area contributed by atoms with Gasteiger partial charge in [-0.1, -0.05) is 6.07 Å². The van der Waals surface area contributed by atoms with E-state index >= 15 is 0 Å². The molecule has 1 unspecified atom stereocenters. The van der Waals surface area contributed by atoms with Crippen molar-refractivity contribution in [1.29, 1.82) is 0 Å². The average Bonchev–Trinajstić information content (AvgIpc) is 2.66. The van der Waals surface area contributed by atoms with Crippen molar-refractivity contribution in [2.24, 2.45) is 0 Å². The molecule has 27 heavy (non-hydrogen) atoms. The number of methoxy groups -OCH3 is 1. The second-order valence-electron chi connectivity index (χ2n) is 7.59. The van der Waals surface area contributed by atoms with Gasteiger partial charge in [-0.05, 0) is 69.6 Å². The quantitative estimate of drug-likeness (QED) is 0.701. The highest BCUT2D eigenvalue weighted by Crippen LogP contribution is 2.34. The first kappa shape index (κ1) is 17.9. The molecule has 2 aromatic heterocycles. The van der Waals surface area contributed by atoms with Gasteiger partial charge in [0.2, 0.25) is 0 Å². The van der Waals surface area contributed by atoms with Gasteiger partial charge < -0.3 is 9.64 Å². The van der Waals surface area contributed by atoms with Crippen LogP contribution in [0.2, 0.25) is 0 Å². The van der Waals surface area contributed by atoms with Crippen molar-refractivity contribution in [1.82, 2.24) is 19.9 Å². The van der Waals surface area contributed by atoms with Gasteiger partial charge >= 0.3 is 0 Å². The molecule has 1 aliphatic rings. The van der Waals surface area contributed by atoms with E-state index < -0.39 is 0 Å². The molecule has 1 atom stereocenters. The zero-order valence-electron chi connectivity index (χ0n) is 16.5. The monoisotopic (exact) mass is 362 g/mol. The average molecular weight is 362 g/mol. The maximum atomic E-state index is 5.62. The van der Waals surface area contributed by atoms with Crippen LogP contribution in [0.5, 0.6) is 5.75 Å². The van der Waals surface area contributed by atoms with E-state index in [1.165, 1.54) is 12.0 Å². The second-order valence-corrected chi connectivity index (χ2v) is 7.59. The number of fused-ring (bicyclic) bond motifs is 1. The largest absolute Gasteiger partial charge is 0.496 e. The van der Waals surface area contributed by atoms with Crippen molar-refractivity contribution in [3.63, 3.8) is 0 Å². The number of nitrogens with zero attached hydrogens (tertiary/aromatic N) is 4. The lowest BCUT2D eigenvalue weighted by molar-refractivity contribution is 0.248. The fourth-order valence-corrected chi connectivity index (χ4v) is 4.07. The molecule has 4 rings (SSSR count). The Bertz CT molecular complexity index is 985. The van der Waals surface area contributed by atoms with Gasteiger partial charge in [-0.3, -0.25) is 4.98 Å². The van der Waals surface area contributed by atoms with Crippen LogP contribution in [0.1, 0.15) is 35.6 Å². The van der Waals surface area contributed by atoms with Gasteiger partial charge in [0.25, 0.3) is 0 Å². The van der Waals surface area contributed by atoms with Crippen molar-refractivity contribution >= 4 is 11.2 Å². The van der Waals surface area contributed by atoms with Crippen LogP contribution in [0.4, 0.5) is 0 Å². The minimum absolute atomic E-state index is 0.432. The summed E-state index contributed by atoms with van der Waals surface area (Å²) in [6.45, 7) is 6.36. The SMILES string of the molecule is COc1cc(C)cc(C)c1-c1ccc2ncc(C3CCCN(C)C3)nc2n1. The number of hydrogen-bond acceptors (Lipinski definition) is 5. The number of ether oxygens (including phenoxy) is 1. The minimum atomic E-state index is 0.432. The van der Waals surface area contributed by atoms with E-state index in [2.05, 4.69) is 36.8 Å². The summed E-state index contributed by atoms with van der Waals surface area (Å²) in [6, 6.07) is 8.21. The summed E-state index contributed by atoms with van der Waals surface area (Å²) in [7, 11) is 3.87. The maximum Gasteiger partial charge on any atom is 0.179 e. The van der Waals surface area contributed by atoms with Crippen molar-refractivity contribution in [2.45, 2.75) is 32.6 Å². The molecule has 1 saturated heterocycles. The van der Waals surface area contributed by atoms with E-state index in [0.29, 0.717) is 11.6 Å². The van der Waals surface area contributed by atoms with Gasteiger partial charge in [0.05, 0.1) is 18.5 Å². The normalized spacial score (nSPS) is 18.0. The standard InChI is InChI=1S/C22H26N4O/c1-14-10-15(2)21(20(11-14)27-4)17-7-8-18-22(24-17)25-19(12-23-18)16-6-5-9-26(3)13-16/h7-8,10-12,16H,5-6,9,13H2,1-4H3. The predicted molar refractivity (Wildman–Crippen MR) is 108 cm³/mol. The number of pyridine rings is 1. The van der Waals surface area contributed by atoms with E-state index in [1.807, 2.05) is 24.4 Å². The highest BCUT2D eigenvalue weighted by molar-refractivity contribution is 5.78. The summed E-state index contributed by atoms with van der Waals surface area (Å²) in [5.41, 5.74) is 6.81. The lowest BCUT2D eigenvalue weighted by Crippen LogP contribution is -2.31. The molecule has 1 aliphatic heterocycles. The van der Waals surface area contributed by atoms with E-state index in [-0.39, 0.29) is 0 Å². The van der Waals surface area contributed by atoms with Crippen LogP contribution in [0.15, 0.2) is 30.5 Å². The third kappa shape index (κ3) is 3.52. The molecule has 0 amide bonds. The molecule has 0 bridgehead atoms. The third-order valence-electron chi connectivity index (χ3n) is 5.39. The van der Waals surface area contributed by atoms with Crippen molar-refractivity contribution in [3.8, 4) is 17.0 Å². The molecule has 5 heteroatoms. The minimum Gasteiger partial charge on any atom is -0.496 e. The summed E-state index contributed by atoms with van der Waals surface area (Å²) < 4.78 is 5.62. The van der Waals surface area contributed by atoms with Crippen LogP contribution in [0.25, 0.3) is 22.4 Å². The third-order valence-corrected chi connectivity index (χ3v) is 5.39. The first-order chi connectivity index (χ1) is 13.0. The highest BCUT2D eigenvalue weighted by Gasteiger charge is 2.21. The number of aryl methyl sites for hydroxylation is 2. The lowest BCUT2D eigenvalue weighted by Gasteiger charge is -2.29. The molecule has 0 saturated carbocycles. The molecular formula is C22H26N4O. The van der Waals surface area contributed by atoms with E-state index in [0.717, 1.165) is 53.3 Å². The van der Waals surface area contributed by atoms with E-state index in [4.69, 9.17) is 14.7 Å². The first-order valence-corrected chi connectivity index (χ1v) is 9.53. The van der Waals surface area contributed by atoms with E-state index in [9.17, 15) is 0 Å². The molecule has 1 fully saturated rings. The Hall–Kier alpha value is -2.53. The fourth-order valence-electron chi connectivity index (χ4n) is 4.07. The number of aromatic nitrogens is 3. The van der Waals surface area contributed by atoms with Crippen LogP contribution in [-0.4, -0.2) is 47.1 Å². The van der Waals surface area contributed by atoms with Gasteiger partial charge in [0.1, 0.15) is 11.3 Å². The van der Waals surface area contributed by atoms with Gasteiger partial charge in [-0.15, -0.1) is 0 Å². The molecule has 1 aromatic carbocycles. The van der Waals surface area contributed by atoms with Crippen LogP contribution in [0.3, 0.4) is 0 Å². The zero-order chi connectivity index (χ0) is 19.0. The Balaban J connectivity index is 1.78. The maximum absolute atomic E-state index is 5.62. The molecule has 3 heterocycles. The molecule has 0 radical (unpaired) electrons. The Labute approximate surface area is 160 Å². The summed E-state index contributed by atoms with van der Waals surface area (Å²) in [5, 5.41) is 0. The second kappa shape index (κ2) is 7.24. The molecule has 3 aromatic rings. The number of benzene rings is 1. The number of hydrogen-bond donors (Lipinski definition) is 0. The Kier molecular flexibility index (Phi) is 4.79. The number of likely N-dealkylation sites (N-methyl/N-ethyl adjacent to an activating group) is 1. The van der Waals surface area contributed by atoms with Gasteiger partial charge in [-0.2, -0.15) is 0 Å². The molecule has 5 nitrogen and oxygen atoms in total. The van der Waals surface area contributed by atoms with Gasteiger partial charge in [0.15, 0.2) is 5.65 Å². The zero-order valence-corrected chi connectivity index (χ0v) is 16.5. The van der Waals surface area contributed by atoms with Crippen molar-refractivity contribution < 1.29 is 4.74 Å². The number of likely N-dealkylation sites (tertiary alicyclic amines) is 1. The Morgan fingerprint density at radius 2 is 2.00 bits per heavy atom. The Morgan fingerprint density at radius 1 is 1.15 bits per heavy atom. The number of piperidine rings is 1. The van der Waals surface area contributed by atoms with Crippen LogP contribution >= 0.6 is 0 Å².